The Morgan fingerprint density at radius 1 is 1.23 bits per heavy atom. The van der Waals surface area contributed by atoms with E-state index in [1.54, 1.807) is 42.7 Å². The maximum Gasteiger partial charge on any atom is 0.243 e. The van der Waals surface area contributed by atoms with E-state index in [1.807, 2.05) is 17.5 Å². The van der Waals surface area contributed by atoms with E-state index in [4.69, 9.17) is 4.74 Å². The highest BCUT2D eigenvalue weighted by Crippen LogP contribution is 2.36. The Kier molecular flexibility index (Phi) is 6.89. The van der Waals surface area contributed by atoms with Gasteiger partial charge in [0.05, 0.1) is 24.0 Å². The Morgan fingerprint density at radius 3 is 2.50 bits per heavy atom. The first-order valence-corrected chi connectivity index (χ1v) is 12.4. The van der Waals surface area contributed by atoms with Crippen LogP contribution in [-0.4, -0.2) is 38.8 Å². The molecule has 0 spiro atoms. The Morgan fingerprint density at radius 2 is 1.93 bits per heavy atom. The molecule has 164 valence electrons. The van der Waals surface area contributed by atoms with Gasteiger partial charge in [0.15, 0.2) is 0 Å². The van der Waals surface area contributed by atoms with Gasteiger partial charge in [0.25, 0.3) is 0 Å². The molecular formula is C22H30N2O4S2. The fourth-order valence-electron chi connectivity index (χ4n) is 3.70. The number of rotatable bonds is 6. The minimum Gasteiger partial charge on any atom is -0.497 e. The lowest BCUT2D eigenvalue weighted by atomic mass is 9.85. The topological polar surface area (TPSA) is 75.7 Å². The predicted octanol–water partition coefficient (Wildman–Crippen LogP) is 4.06. The molecule has 0 aliphatic carbocycles. The average Bonchev–Trinajstić information content (AvgIpc) is 3.25. The van der Waals surface area contributed by atoms with Crippen molar-refractivity contribution in [3.8, 4) is 5.75 Å². The van der Waals surface area contributed by atoms with E-state index >= 15 is 0 Å². The minimum atomic E-state index is -3.65. The van der Waals surface area contributed by atoms with Gasteiger partial charge >= 0.3 is 0 Å². The number of piperidine rings is 1. The van der Waals surface area contributed by atoms with Crippen molar-refractivity contribution in [1.82, 2.24) is 9.62 Å². The van der Waals surface area contributed by atoms with Crippen LogP contribution in [0.25, 0.3) is 0 Å². The van der Waals surface area contributed by atoms with Crippen molar-refractivity contribution >= 4 is 27.3 Å². The van der Waals surface area contributed by atoms with Crippen LogP contribution in [0.3, 0.4) is 0 Å². The van der Waals surface area contributed by atoms with Crippen LogP contribution in [0.5, 0.6) is 5.75 Å². The zero-order valence-corrected chi connectivity index (χ0v) is 19.6. The van der Waals surface area contributed by atoms with E-state index < -0.39 is 10.0 Å². The standard InChI is InChI=1S/C22H30N2O4S2/c1-22(2,3)20(19-8-6-14-29-19)23-21(25)16-7-5-13-24(15-16)30(26,27)18-11-9-17(28-4)10-12-18/h6,8-12,14,16,20H,5,7,13,15H2,1-4H3,(H,23,25). The molecule has 2 unspecified atom stereocenters. The molecule has 1 aliphatic rings. The van der Waals surface area contributed by atoms with Crippen LogP contribution >= 0.6 is 11.3 Å². The van der Waals surface area contributed by atoms with Crippen molar-refractivity contribution in [2.75, 3.05) is 20.2 Å². The lowest BCUT2D eigenvalue weighted by molar-refractivity contribution is -0.127. The van der Waals surface area contributed by atoms with Crippen molar-refractivity contribution < 1.29 is 17.9 Å². The minimum absolute atomic E-state index is 0.0852. The maximum absolute atomic E-state index is 13.1. The molecule has 0 bridgehead atoms. The number of ether oxygens (including phenoxy) is 1. The number of carbonyl (C=O) groups is 1. The third kappa shape index (κ3) is 5.04. The van der Waals surface area contributed by atoms with Gasteiger partial charge in [-0.1, -0.05) is 26.8 Å². The maximum atomic E-state index is 13.1. The summed E-state index contributed by atoms with van der Waals surface area (Å²) >= 11 is 1.62. The second kappa shape index (κ2) is 9.08. The number of hydrogen-bond acceptors (Lipinski definition) is 5. The molecule has 0 saturated carbocycles. The van der Waals surface area contributed by atoms with Gasteiger partial charge in [0.2, 0.25) is 15.9 Å². The van der Waals surface area contributed by atoms with Crippen molar-refractivity contribution in [2.45, 2.75) is 44.6 Å². The van der Waals surface area contributed by atoms with Gasteiger partial charge in [0.1, 0.15) is 5.75 Å². The van der Waals surface area contributed by atoms with Crippen LogP contribution in [0.1, 0.15) is 44.5 Å². The van der Waals surface area contributed by atoms with Crippen molar-refractivity contribution in [1.29, 1.82) is 0 Å². The molecule has 30 heavy (non-hydrogen) atoms. The Labute approximate surface area is 183 Å². The summed E-state index contributed by atoms with van der Waals surface area (Å²) in [5, 5.41) is 5.19. The number of nitrogens with one attached hydrogen (secondary N) is 1. The highest BCUT2D eigenvalue weighted by atomic mass is 32.2. The molecule has 1 fully saturated rings. The molecule has 6 nitrogen and oxygen atoms in total. The van der Waals surface area contributed by atoms with Gasteiger partial charge in [-0.15, -0.1) is 11.3 Å². The number of methoxy groups -OCH3 is 1. The summed E-state index contributed by atoms with van der Waals surface area (Å²) in [7, 11) is -2.11. The SMILES string of the molecule is COc1ccc(S(=O)(=O)N2CCCC(C(=O)NC(c3cccs3)C(C)(C)C)C2)cc1. The zero-order chi connectivity index (χ0) is 21.9. The number of nitrogens with zero attached hydrogens (tertiary/aromatic N) is 1. The first-order chi connectivity index (χ1) is 14.1. The van der Waals surface area contributed by atoms with E-state index in [1.165, 1.54) is 4.31 Å². The summed E-state index contributed by atoms with van der Waals surface area (Å²) in [5.41, 5.74) is -0.149. The quantitative estimate of drug-likeness (QED) is 0.720. The van der Waals surface area contributed by atoms with Crippen LogP contribution in [-0.2, 0) is 14.8 Å². The second-order valence-corrected chi connectivity index (χ2v) is 11.6. The van der Waals surface area contributed by atoms with Crippen molar-refractivity contribution in [3.05, 3.63) is 46.7 Å². The summed E-state index contributed by atoms with van der Waals surface area (Å²) in [6.45, 7) is 6.91. The predicted molar refractivity (Wildman–Crippen MR) is 119 cm³/mol. The number of thiophene rings is 1. The van der Waals surface area contributed by atoms with Crippen molar-refractivity contribution in [3.63, 3.8) is 0 Å². The lowest BCUT2D eigenvalue weighted by Gasteiger charge is -2.35. The highest BCUT2D eigenvalue weighted by Gasteiger charge is 2.36. The first-order valence-electron chi connectivity index (χ1n) is 10.1. The van der Waals surface area contributed by atoms with E-state index in [2.05, 4.69) is 26.1 Å². The Balaban J connectivity index is 1.74. The van der Waals surface area contributed by atoms with E-state index in [-0.39, 0.29) is 34.7 Å². The van der Waals surface area contributed by atoms with Gasteiger partial charge in [-0.05, 0) is 54.0 Å². The van der Waals surface area contributed by atoms with Crippen LogP contribution in [0.4, 0.5) is 0 Å². The highest BCUT2D eigenvalue weighted by molar-refractivity contribution is 7.89. The fourth-order valence-corrected chi connectivity index (χ4v) is 6.25. The van der Waals surface area contributed by atoms with Crippen molar-refractivity contribution in [2.24, 2.45) is 11.3 Å². The summed E-state index contributed by atoms with van der Waals surface area (Å²) in [4.78, 5) is 14.4. The Hall–Kier alpha value is -1.90. The molecule has 3 rings (SSSR count). The van der Waals surface area contributed by atoms with E-state index in [0.29, 0.717) is 25.1 Å². The van der Waals surface area contributed by atoms with Gasteiger partial charge in [-0.25, -0.2) is 8.42 Å². The normalized spacial score (nSPS) is 19.3. The molecule has 0 radical (unpaired) electrons. The molecule has 2 aromatic rings. The van der Waals surface area contributed by atoms with Gasteiger partial charge in [-0.2, -0.15) is 4.31 Å². The molecule has 8 heteroatoms. The molecule has 2 heterocycles. The summed E-state index contributed by atoms with van der Waals surface area (Å²) in [6.07, 6.45) is 1.34. The molecule has 1 saturated heterocycles. The number of sulfonamides is 1. The molecule has 1 aromatic carbocycles. The largest absolute Gasteiger partial charge is 0.497 e. The number of carbonyl (C=O) groups excluding carboxylic acids is 1. The monoisotopic (exact) mass is 450 g/mol. The van der Waals surface area contributed by atoms with Gasteiger partial charge in [0, 0.05) is 18.0 Å². The third-order valence-corrected chi connectivity index (χ3v) is 8.25. The number of hydrogen-bond donors (Lipinski definition) is 1. The van der Waals surface area contributed by atoms with E-state index in [9.17, 15) is 13.2 Å². The van der Waals surface area contributed by atoms with E-state index in [0.717, 1.165) is 4.88 Å². The lowest BCUT2D eigenvalue weighted by Crippen LogP contribution is -2.47. The van der Waals surface area contributed by atoms with Crippen LogP contribution < -0.4 is 10.1 Å². The Bertz CT molecular complexity index is 948. The third-order valence-electron chi connectivity index (χ3n) is 5.43. The zero-order valence-electron chi connectivity index (χ0n) is 17.9. The fraction of sp³-hybridized carbons (Fsp3) is 0.500. The van der Waals surface area contributed by atoms with Crippen LogP contribution in [0.2, 0.25) is 0 Å². The average molecular weight is 451 g/mol. The van der Waals surface area contributed by atoms with Crippen LogP contribution in [0, 0.1) is 11.3 Å². The molecule has 1 aliphatic heterocycles. The van der Waals surface area contributed by atoms with Gasteiger partial charge < -0.3 is 10.1 Å². The summed E-state index contributed by atoms with van der Waals surface area (Å²) in [6, 6.07) is 10.3. The molecular weight excluding hydrogens is 420 g/mol. The molecule has 1 amide bonds. The smallest absolute Gasteiger partial charge is 0.243 e. The second-order valence-electron chi connectivity index (χ2n) is 8.70. The first kappa shape index (κ1) is 22.8. The number of benzene rings is 1. The summed E-state index contributed by atoms with van der Waals surface area (Å²) < 4.78 is 32.7. The van der Waals surface area contributed by atoms with Crippen LogP contribution in [0.15, 0.2) is 46.7 Å². The molecule has 1 aromatic heterocycles. The summed E-state index contributed by atoms with van der Waals surface area (Å²) in [5.74, 6) is 0.154. The molecule has 2 atom stereocenters. The van der Waals surface area contributed by atoms with Gasteiger partial charge in [-0.3, -0.25) is 4.79 Å². The molecule has 1 N–H and O–H groups in total. The number of amides is 1.